The Hall–Kier alpha value is -2.50. The second-order valence-corrected chi connectivity index (χ2v) is 11.7. The molecule has 2 aromatic rings. The third-order valence-corrected chi connectivity index (χ3v) is 9.48. The predicted molar refractivity (Wildman–Crippen MR) is 118 cm³/mol. The first-order valence-electron chi connectivity index (χ1n) is 10.3. The first-order chi connectivity index (χ1) is 15.2. The number of rotatable bonds is 4. The molecule has 172 valence electrons. The second kappa shape index (κ2) is 8.80. The summed E-state index contributed by atoms with van der Waals surface area (Å²) in [7, 11) is -7.06. The standard InChI is InChI=1S/C21H24FN3O5S2/c22-18-5-9-20(10-6-18)32(29,30)24-12-1-11-23(14-15-24)21(26)17-3-7-19(8-4-17)25-13-2-16-31(25,27)28/h3-10H,1-2,11-16H2. The van der Waals surface area contributed by atoms with Crippen molar-refractivity contribution in [3.8, 4) is 0 Å². The van der Waals surface area contributed by atoms with Crippen LogP contribution in [0, 0.1) is 5.82 Å². The quantitative estimate of drug-likeness (QED) is 0.665. The average molecular weight is 482 g/mol. The number of carbonyl (C=O) groups is 1. The summed E-state index contributed by atoms with van der Waals surface area (Å²) in [5.74, 6) is -0.620. The molecule has 0 saturated carbocycles. The minimum atomic E-state index is -3.78. The van der Waals surface area contributed by atoms with Gasteiger partial charge in [-0.15, -0.1) is 0 Å². The smallest absolute Gasteiger partial charge is 0.253 e. The maximum Gasteiger partial charge on any atom is 0.253 e. The highest BCUT2D eigenvalue weighted by Gasteiger charge is 2.30. The highest BCUT2D eigenvalue weighted by molar-refractivity contribution is 7.93. The number of nitrogens with zero attached hydrogens (tertiary/aromatic N) is 3. The zero-order chi connectivity index (χ0) is 22.9. The van der Waals surface area contributed by atoms with Crippen molar-refractivity contribution < 1.29 is 26.0 Å². The van der Waals surface area contributed by atoms with Crippen LogP contribution in [-0.2, 0) is 20.0 Å². The number of halogens is 1. The number of hydrogen-bond acceptors (Lipinski definition) is 5. The lowest BCUT2D eigenvalue weighted by molar-refractivity contribution is 0.0764. The molecule has 2 heterocycles. The molecule has 0 aliphatic carbocycles. The van der Waals surface area contributed by atoms with Crippen molar-refractivity contribution >= 4 is 31.6 Å². The molecule has 0 bridgehead atoms. The molecule has 2 aromatic carbocycles. The number of anilines is 1. The maximum atomic E-state index is 13.1. The summed E-state index contributed by atoms with van der Waals surface area (Å²) in [6.07, 6.45) is 1.05. The van der Waals surface area contributed by atoms with Crippen LogP contribution in [0.25, 0.3) is 0 Å². The molecule has 2 fully saturated rings. The zero-order valence-electron chi connectivity index (χ0n) is 17.4. The van der Waals surface area contributed by atoms with Gasteiger partial charge in [-0.2, -0.15) is 4.31 Å². The molecular formula is C21H24FN3O5S2. The van der Waals surface area contributed by atoms with Crippen LogP contribution in [0.5, 0.6) is 0 Å². The molecule has 0 unspecified atom stereocenters. The van der Waals surface area contributed by atoms with Gasteiger partial charge in [-0.25, -0.2) is 21.2 Å². The van der Waals surface area contributed by atoms with Crippen LogP contribution in [0.2, 0.25) is 0 Å². The minimum Gasteiger partial charge on any atom is -0.337 e. The summed E-state index contributed by atoms with van der Waals surface area (Å²) in [5.41, 5.74) is 0.951. The van der Waals surface area contributed by atoms with Crippen LogP contribution >= 0.6 is 0 Å². The normalized spacial score (nSPS) is 19.7. The summed E-state index contributed by atoms with van der Waals surface area (Å²) >= 11 is 0. The Balaban J connectivity index is 1.44. The van der Waals surface area contributed by atoms with Gasteiger partial charge in [-0.3, -0.25) is 9.10 Å². The number of carbonyl (C=O) groups excluding carboxylic acids is 1. The van der Waals surface area contributed by atoms with Crippen molar-refractivity contribution in [2.75, 3.05) is 42.8 Å². The summed E-state index contributed by atoms with van der Waals surface area (Å²) in [6.45, 7) is 1.45. The van der Waals surface area contributed by atoms with E-state index < -0.39 is 25.9 Å². The van der Waals surface area contributed by atoms with Crippen molar-refractivity contribution in [1.82, 2.24) is 9.21 Å². The van der Waals surface area contributed by atoms with Crippen LogP contribution in [0.1, 0.15) is 23.2 Å². The number of sulfonamides is 2. The number of amides is 1. The van der Waals surface area contributed by atoms with E-state index in [9.17, 15) is 26.0 Å². The highest BCUT2D eigenvalue weighted by Crippen LogP contribution is 2.25. The molecule has 2 aliphatic rings. The zero-order valence-corrected chi connectivity index (χ0v) is 19.0. The fourth-order valence-corrected chi connectivity index (χ4v) is 7.01. The molecule has 11 heteroatoms. The monoisotopic (exact) mass is 481 g/mol. The molecule has 4 rings (SSSR count). The van der Waals surface area contributed by atoms with E-state index in [4.69, 9.17) is 0 Å². The first kappa shape index (κ1) is 22.7. The van der Waals surface area contributed by atoms with Gasteiger partial charge in [0, 0.05) is 38.3 Å². The van der Waals surface area contributed by atoms with Crippen LogP contribution in [0.3, 0.4) is 0 Å². The van der Waals surface area contributed by atoms with Gasteiger partial charge in [-0.05, 0) is 61.4 Å². The first-order valence-corrected chi connectivity index (χ1v) is 13.4. The summed E-state index contributed by atoms with van der Waals surface area (Å²) in [5, 5.41) is 0. The third-order valence-electron chi connectivity index (χ3n) is 5.70. The molecule has 8 nitrogen and oxygen atoms in total. The highest BCUT2D eigenvalue weighted by atomic mass is 32.2. The Morgan fingerprint density at radius 2 is 1.53 bits per heavy atom. The Morgan fingerprint density at radius 3 is 2.16 bits per heavy atom. The van der Waals surface area contributed by atoms with Crippen molar-refractivity contribution in [1.29, 1.82) is 0 Å². The molecule has 2 aliphatic heterocycles. The molecule has 0 atom stereocenters. The molecule has 0 N–H and O–H groups in total. The van der Waals surface area contributed by atoms with Crippen molar-refractivity contribution in [3.63, 3.8) is 0 Å². The topological polar surface area (TPSA) is 95.1 Å². The SMILES string of the molecule is O=C(c1ccc(N2CCCS2(=O)=O)cc1)N1CCCN(S(=O)(=O)c2ccc(F)cc2)CC1. The molecule has 32 heavy (non-hydrogen) atoms. The van der Waals surface area contributed by atoms with Gasteiger partial charge in [-0.1, -0.05) is 0 Å². The van der Waals surface area contributed by atoms with E-state index in [0.29, 0.717) is 37.2 Å². The maximum absolute atomic E-state index is 13.1. The molecule has 0 aromatic heterocycles. The second-order valence-electron chi connectivity index (χ2n) is 7.79. The van der Waals surface area contributed by atoms with E-state index in [1.165, 1.54) is 20.7 Å². The van der Waals surface area contributed by atoms with Crippen molar-refractivity contribution in [2.24, 2.45) is 0 Å². The lowest BCUT2D eigenvalue weighted by Gasteiger charge is -2.22. The number of hydrogen-bond donors (Lipinski definition) is 0. The Morgan fingerprint density at radius 1 is 0.844 bits per heavy atom. The average Bonchev–Trinajstić information content (AvgIpc) is 2.97. The fraction of sp³-hybridized carbons (Fsp3) is 0.381. The predicted octanol–water partition coefficient (Wildman–Crippen LogP) is 1.90. The summed E-state index contributed by atoms with van der Waals surface area (Å²) in [6, 6.07) is 11.1. The van der Waals surface area contributed by atoms with E-state index in [-0.39, 0.29) is 36.2 Å². The molecule has 0 radical (unpaired) electrons. The molecular weight excluding hydrogens is 457 g/mol. The van der Waals surface area contributed by atoms with Gasteiger partial charge in [0.1, 0.15) is 5.82 Å². The van der Waals surface area contributed by atoms with E-state index >= 15 is 0 Å². The Labute approximate surface area is 187 Å². The van der Waals surface area contributed by atoms with Crippen LogP contribution in [-0.4, -0.2) is 70.4 Å². The van der Waals surface area contributed by atoms with E-state index in [1.54, 1.807) is 29.2 Å². The van der Waals surface area contributed by atoms with E-state index in [0.717, 1.165) is 12.1 Å². The molecule has 0 spiro atoms. The van der Waals surface area contributed by atoms with Crippen LogP contribution in [0.4, 0.5) is 10.1 Å². The largest absolute Gasteiger partial charge is 0.337 e. The molecule has 1 amide bonds. The number of benzene rings is 2. The molecule has 2 saturated heterocycles. The van der Waals surface area contributed by atoms with Gasteiger partial charge < -0.3 is 4.90 Å². The Kier molecular flexibility index (Phi) is 6.24. The minimum absolute atomic E-state index is 0.0196. The van der Waals surface area contributed by atoms with Gasteiger partial charge in [0.15, 0.2) is 0 Å². The van der Waals surface area contributed by atoms with Crippen molar-refractivity contribution in [2.45, 2.75) is 17.7 Å². The van der Waals surface area contributed by atoms with Gasteiger partial charge in [0.2, 0.25) is 20.0 Å². The van der Waals surface area contributed by atoms with E-state index in [1.807, 2.05) is 0 Å². The van der Waals surface area contributed by atoms with Gasteiger partial charge in [0.05, 0.1) is 16.3 Å². The summed E-state index contributed by atoms with van der Waals surface area (Å²) < 4.78 is 65.7. The van der Waals surface area contributed by atoms with Crippen LogP contribution in [0.15, 0.2) is 53.4 Å². The summed E-state index contributed by atoms with van der Waals surface area (Å²) in [4.78, 5) is 14.6. The van der Waals surface area contributed by atoms with Gasteiger partial charge >= 0.3 is 0 Å². The fourth-order valence-electron chi connectivity index (χ4n) is 3.98. The van der Waals surface area contributed by atoms with Gasteiger partial charge in [0.25, 0.3) is 5.91 Å². The lowest BCUT2D eigenvalue weighted by Crippen LogP contribution is -2.37. The third kappa shape index (κ3) is 4.50. The van der Waals surface area contributed by atoms with Crippen LogP contribution < -0.4 is 4.31 Å². The van der Waals surface area contributed by atoms with Crippen molar-refractivity contribution in [3.05, 3.63) is 59.9 Å². The van der Waals surface area contributed by atoms with E-state index in [2.05, 4.69) is 0 Å². The Bertz CT molecular complexity index is 1200. The lowest BCUT2D eigenvalue weighted by atomic mass is 10.1.